The molecule has 0 unspecified atom stereocenters. The Labute approximate surface area is 191 Å². The summed E-state index contributed by atoms with van der Waals surface area (Å²) in [5, 5.41) is 0. The zero-order chi connectivity index (χ0) is 0. The van der Waals surface area contributed by atoms with Crippen LogP contribution >= 0.6 is 12.4 Å². The van der Waals surface area contributed by atoms with Crippen LogP contribution in [-0.2, 0) is 0 Å². The fraction of sp³-hybridized carbons (Fsp3) is 0. The molecule has 7 heteroatoms. The molecule has 0 N–H and O–H groups in total. The van der Waals surface area contributed by atoms with Crippen LogP contribution in [0.4, 0.5) is 0 Å². The molecule has 0 spiro atoms. The fourth-order valence-electron chi connectivity index (χ4n) is 0. The normalized spacial score (nSPS) is 0. The third-order valence-corrected chi connectivity index (χ3v) is 0. The van der Waals surface area contributed by atoms with Gasteiger partial charge < -0.3 is 29.1 Å². The van der Waals surface area contributed by atoms with E-state index in [4.69, 9.17) is 0 Å². The van der Waals surface area contributed by atoms with Gasteiger partial charge in [-0.1, -0.05) is 0 Å². The van der Waals surface area contributed by atoms with E-state index in [0.717, 1.165) is 0 Å². The first kappa shape index (κ1) is 52.4. The van der Waals surface area contributed by atoms with Crippen molar-refractivity contribution in [1.29, 1.82) is 0 Å². The van der Waals surface area contributed by atoms with Gasteiger partial charge in [0.1, 0.15) is 0 Å². The van der Waals surface area contributed by atoms with Crippen molar-refractivity contribution in [3.8, 4) is 0 Å². The first-order chi connectivity index (χ1) is 0. The van der Waals surface area contributed by atoms with E-state index < -0.39 is 0 Å². The third kappa shape index (κ3) is 33.5. The maximum Gasteiger partial charge on any atom is 2.00 e. The molecule has 0 atom stereocenters. The Morgan fingerprint density at radius 2 is 0.857 bits per heavy atom. The van der Waals surface area contributed by atoms with Gasteiger partial charge in [-0.2, -0.15) is 0 Å². The average Bonchev–Trinajstić information content (AvgIpc) is 0. The van der Waals surface area contributed by atoms with E-state index in [0.29, 0.717) is 0 Å². The molecule has 0 amide bonds. The maximum absolute atomic E-state index is 0. The second-order valence-electron chi connectivity index (χ2n) is 0. The molecule has 0 saturated carbocycles. The van der Waals surface area contributed by atoms with Gasteiger partial charge in [0, 0.05) is 0 Å². The Morgan fingerprint density at radius 1 is 0.857 bits per heavy atom. The van der Waals surface area contributed by atoms with Crippen molar-refractivity contribution in [3.05, 3.63) is 0 Å². The van der Waals surface area contributed by atoms with Gasteiger partial charge in [-0.15, -0.1) is 12.4 Å². The molecule has 0 aromatic rings. The van der Waals surface area contributed by atoms with Gasteiger partial charge in [0.2, 0.25) is 0 Å². The fourth-order valence-corrected chi connectivity index (χ4v) is 0. The summed E-state index contributed by atoms with van der Waals surface area (Å²) in [6.07, 6.45) is 0. The molecule has 0 aromatic carbocycles. The summed E-state index contributed by atoms with van der Waals surface area (Å²) in [5.74, 6) is 0. The van der Waals surface area contributed by atoms with Crippen LogP contribution < -0.4 is 157 Å². The average molecular weight is 236 g/mol. The summed E-state index contributed by atoms with van der Waals surface area (Å²) in [6, 6.07) is 0. The molecule has 30 valence electrons. The van der Waals surface area contributed by atoms with Crippen molar-refractivity contribution >= 4 is 35.5 Å². The van der Waals surface area contributed by atoms with E-state index in [1.54, 1.807) is 0 Å². The standard InChI is InChI=1S/3ClH.2K.Mg.Na.3H/h3*1H;;;;;;;/q;;;2*+1;+2;+1;3*-1/p-2. The molecular weight excluding hydrogens is 232 g/mol. The molecule has 0 bridgehead atoms. The zero-order valence-corrected chi connectivity index (χ0v) is 16.9. The van der Waals surface area contributed by atoms with E-state index in [1.807, 2.05) is 0 Å². The summed E-state index contributed by atoms with van der Waals surface area (Å²) < 4.78 is 0. The van der Waals surface area contributed by atoms with E-state index in [1.165, 1.54) is 0 Å². The van der Waals surface area contributed by atoms with Crippen molar-refractivity contribution in [3.63, 3.8) is 0 Å². The van der Waals surface area contributed by atoms with Gasteiger partial charge >= 0.3 is 155 Å². The number of rotatable bonds is 0. The van der Waals surface area contributed by atoms with Gasteiger partial charge in [0.05, 0.1) is 0 Å². The molecule has 0 saturated heterocycles. The van der Waals surface area contributed by atoms with Crippen molar-refractivity contribution in [2.45, 2.75) is 0 Å². The van der Waals surface area contributed by atoms with Gasteiger partial charge in [-0.05, 0) is 0 Å². The van der Waals surface area contributed by atoms with Gasteiger partial charge in [-0.25, -0.2) is 0 Å². The molecule has 0 aliphatic rings. The molecule has 0 rings (SSSR count). The van der Waals surface area contributed by atoms with Crippen molar-refractivity contribution < 1.29 is 161 Å². The molecule has 0 aliphatic heterocycles. The van der Waals surface area contributed by atoms with E-state index in [2.05, 4.69) is 0 Å². The maximum atomic E-state index is 0. The SMILES string of the molecule is Cl.[Cl-].[Cl-].[H-].[H-].[H-].[K+].[K+].[Mg+2].[Na+]. The molecule has 0 heterocycles. The Kier molecular flexibility index (Phi) is 304. The molecule has 0 nitrogen and oxygen atoms in total. The van der Waals surface area contributed by atoms with Crippen molar-refractivity contribution in [2.24, 2.45) is 0 Å². The van der Waals surface area contributed by atoms with Crippen LogP contribution in [0, 0.1) is 0 Å². The van der Waals surface area contributed by atoms with E-state index in [-0.39, 0.29) is 197 Å². The van der Waals surface area contributed by atoms with Crippen LogP contribution in [0.15, 0.2) is 0 Å². The topological polar surface area (TPSA) is 0 Å². The second-order valence-corrected chi connectivity index (χ2v) is 0. The largest absolute Gasteiger partial charge is 2.00 e. The zero-order valence-electron chi connectivity index (χ0n) is 7.87. The minimum absolute atomic E-state index is 0. The van der Waals surface area contributed by atoms with E-state index >= 15 is 0 Å². The summed E-state index contributed by atoms with van der Waals surface area (Å²) in [4.78, 5) is 0. The minimum Gasteiger partial charge on any atom is -1.00 e. The number of hydrogen-bond donors (Lipinski definition) is 0. The molecule has 0 aromatic heterocycles. The monoisotopic (exact) mass is 234 g/mol. The molecule has 0 radical (unpaired) electrons. The Hall–Kier alpha value is 5.91. The Balaban J connectivity index is 0. The Morgan fingerprint density at radius 3 is 0.857 bits per heavy atom. The quantitative estimate of drug-likeness (QED) is 0.366. The summed E-state index contributed by atoms with van der Waals surface area (Å²) in [6.45, 7) is 0. The first-order valence-corrected chi connectivity index (χ1v) is 0. The van der Waals surface area contributed by atoms with Crippen LogP contribution in [0.2, 0.25) is 0 Å². The number of halogens is 3. The van der Waals surface area contributed by atoms with E-state index in [9.17, 15) is 0 Å². The molecule has 7 heavy (non-hydrogen) atoms. The van der Waals surface area contributed by atoms with Crippen LogP contribution in [0.25, 0.3) is 0 Å². The molecule has 0 fully saturated rings. The van der Waals surface area contributed by atoms with Crippen LogP contribution in [-0.4, -0.2) is 23.1 Å². The number of hydrogen-bond acceptors (Lipinski definition) is 0. The predicted molar refractivity (Wildman–Crippen MR) is 16.3 cm³/mol. The van der Waals surface area contributed by atoms with Crippen LogP contribution in [0.3, 0.4) is 0 Å². The van der Waals surface area contributed by atoms with Crippen LogP contribution in [0.5, 0.6) is 0 Å². The summed E-state index contributed by atoms with van der Waals surface area (Å²) in [5.41, 5.74) is 0. The smallest absolute Gasteiger partial charge is 1.00 e. The Bertz CT molecular complexity index is 21.7. The van der Waals surface area contributed by atoms with Crippen LogP contribution in [0.1, 0.15) is 4.28 Å². The summed E-state index contributed by atoms with van der Waals surface area (Å²) >= 11 is 0. The van der Waals surface area contributed by atoms with Crippen molar-refractivity contribution in [2.75, 3.05) is 0 Å². The van der Waals surface area contributed by atoms with Gasteiger partial charge in [0.15, 0.2) is 0 Å². The first-order valence-electron chi connectivity index (χ1n) is 0. The second kappa shape index (κ2) is 40.6. The predicted octanol–water partition coefficient (Wildman–Crippen LogP) is -14.6. The van der Waals surface area contributed by atoms with Gasteiger partial charge in [0.25, 0.3) is 0 Å². The van der Waals surface area contributed by atoms with Crippen molar-refractivity contribution in [1.82, 2.24) is 0 Å². The summed E-state index contributed by atoms with van der Waals surface area (Å²) in [7, 11) is 0. The van der Waals surface area contributed by atoms with Gasteiger partial charge in [-0.3, -0.25) is 0 Å². The molecular formula is H4Cl3K2MgNa. The molecule has 0 aliphatic carbocycles. The minimum atomic E-state index is 0. The third-order valence-electron chi connectivity index (χ3n) is 0.